The Morgan fingerprint density at radius 1 is 1.33 bits per heavy atom. The summed E-state index contributed by atoms with van der Waals surface area (Å²) in [5.74, 6) is 0.826. The van der Waals surface area contributed by atoms with Crippen molar-refractivity contribution >= 4 is 44.5 Å². The van der Waals surface area contributed by atoms with Gasteiger partial charge >= 0.3 is 0 Å². The van der Waals surface area contributed by atoms with Gasteiger partial charge in [-0.3, -0.25) is 4.79 Å². The summed E-state index contributed by atoms with van der Waals surface area (Å²) in [6, 6.07) is 4.38. The zero-order chi connectivity index (χ0) is 20.2. The molecule has 2 N–H and O–H groups in total. The Bertz CT molecular complexity index is 901. The van der Waals surface area contributed by atoms with E-state index in [9.17, 15) is 13.2 Å². The van der Waals surface area contributed by atoms with Gasteiger partial charge in [-0.1, -0.05) is 20.8 Å². The minimum absolute atomic E-state index is 0.0729. The normalized spacial score (nSPS) is 13.7. The highest BCUT2D eigenvalue weighted by molar-refractivity contribution is 7.98. The van der Waals surface area contributed by atoms with E-state index in [1.54, 1.807) is 30.0 Å². The number of benzene rings is 1. The van der Waals surface area contributed by atoms with E-state index in [1.165, 1.54) is 6.92 Å². The van der Waals surface area contributed by atoms with Gasteiger partial charge in [0.1, 0.15) is 11.6 Å². The smallest absolute Gasteiger partial charge is 0.242 e. The van der Waals surface area contributed by atoms with E-state index in [0.29, 0.717) is 34.9 Å². The third-order valence-corrected chi connectivity index (χ3v) is 5.97. The van der Waals surface area contributed by atoms with Crippen LogP contribution >= 0.6 is 11.8 Å². The third-order valence-electron chi connectivity index (χ3n) is 3.93. The second kappa shape index (κ2) is 8.62. The average molecular weight is 414 g/mol. The van der Waals surface area contributed by atoms with Crippen LogP contribution in [0.15, 0.2) is 22.6 Å². The van der Waals surface area contributed by atoms with Crippen molar-refractivity contribution in [2.75, 3.05) is 23.1 Å². The van der Waals surface area contributed by atoms with E-state index in [2.05, 4.69) is 15.0 Å². The summed E-state index contributed by atoms with van der Waals surface area (Å²) < 4.78 is 32.0. The average Bonchev–Trinajstić information content (AvgIpc) is 3.02. The lowest BCUT2D eigenvalue weighted by Crippen LogP contribution is -2.44. The number of hydrogen-bond acceptors (Lipinski definition) is 6. The highest BCUT2D eigenvalue weighted by Gasteiger charge is 2.24. The van der Waals surface area contributed by atoms with Gasteiger partial charge in [-0.15, -0.1) is 0 Å². The quantitative estimate of drug-likeness (QED) is 0.689. The Balaban J connectivity index is 2.20. The van der Waals surface area contributed by atoms with Gasteiger partial charge in [0.2, 0.25) is 21.8 Å². The molecule has 0 saturated carbocycles. The van der Waals surface area contributed by atoms with Crippen LogP contribution in [-0.2, 0) is 20.2 Å². The van der Waals surface area contributed by atoms with Crippen molar-refractivity contribution in [1.29, 1.82) is 0 Å². The summed E-state index contributed by atoms with van der Waals surface area (Å²) in [5, 5.41) is 2.78. The maximum Gasteiger partial charge on any atom is 0.242 e. The summed E-state index contributed by atoms with van der Waals surface area (Å²) >= 11 is 1.56. The SMILES string of the molecule is CCS(=O)(=O)NC(CCSC)C(=O)Nc1ccc2oc(C(C)(C)C)nc2c1. The molecule has 1 aromatic carbocycles. The molecule has 0 radical (unpaired) electrons. The van der Waals surface area contributed by atoms with Crippen molar-refractivity contribution in [3.8, 4) is 0 Å². The first-order valence-corrected chi connectivity index (χ1v) is 11.8. The number of sulfonamides is 1. The van der Waals surface area contributed by atoms with Crippen LogP contribution in [0.2, 0.25) is 0 Å². The number of fused-ring (bicyclic) bond motifs is 1. The van der Waals surface area contributed by atoms with Crippen LogP contribution in [0.25, 0.3) is 11.1 Å². The van der Waals surface area contributed by atoms with E-state index in [-0.39, 0.29) is 17.1 Å². The van der Waals surface area contributed by atoms with Crippen molar-refractivity contribution in [1.82, 2.24) is 9.71 Å². The molecule has 1 unspecified atom stereocenters. The maximum absolute atomic E-state index is 12.6. The van der Waals surface area contributed by atoms with Gasteiger partial charge in [0.05, 0.1) is 5.75 Å². The van der Waals surface area contributed by atoms with Crippen LogP contribution in [0.4, 0.5) is 5.69 Å². The fraction of sp³-hybridized carbons (Fsp3) is 0.556. The number of carbonyl (C=O) groups is 1. The Kier molecular flexibility index (Phi) is 6.93. The van der Waals surface area contributed by atoms with Crippen molar-refractivity contribution in [3.63, 3.8) is 0 Å². The first-order chi connectivity index (χ1) is 12.6. The number of carbonyl (C=O) groups excluding carboxylic acids is 1. The topological polar surface area (TPSA) is 101 Å². The summed E-state index contributed by atoms with van der Waals surface area (Å²) in [5.41, 5.74) is 1.62. The lowest BCUT2D eigenvalue weighted by molar-refractivity contribution is -0.117. The summed E-state index contributed by atoms with van der Waals surface area (Å²) in [7, 11) is -3.48. The monoisotopic (exact) mass is 413 g/mol. The molecule has 150 valence electrons. The second-order valence-corrected chi connectivity index (χ2v) is 10.3. The zero-order valence-electron chi connectivity index (χ0n) is 16.3. The number of nitrogens with one attached hydrogen (secondary N) is 2. The predicted octanol–water partition coefficient (Wildman–Crippen LogP) is 3.12. The number of nitrogens with zero attached hydrogens (tertiary/aromatic N) is 1. The summed E-state index contributed by atoms with van der Waals surface area (Å²) in [4.78, 5) is 17.1. The Hall–Kier alpha value is -1.58. The fourth-order valence-corrected chi connectivity index (χ4v) is 3.63. The lowest BCUT2D eigenvalue weighted by Gasteiger charge is -2.17. The van der Waals surface area contributed by atoms with E-state index in [1.807, 2.05) is 27.0 Å². The molecule has 27 heavy (non-hydrogen) atoms. The molecule has 0 spiro atoms. The van der Waals surface area contributed by atoms with Crippen LogP contribution in [0, 0.1) is 0 Å². The maximum atomic E-state index is 12.6. The molecule has 1 heterocycles. The predicted molar refractivity (Wildman–Crippen MR) is 111 cm³/mol. The highest BCUT2D eigenvalue weighted by Crippen LogP contribution is 2.27. The van der Waals surface area contributed by atoms with Gasteiger partial charge < -0.3 is 9.73 Å². The van der Waals surface area contributed by atoms with E-state index in [4.69, 9.17) is 4.42 Å². The Morgan fingerprint density at radius 2 is 2.04 bits per heavy atom. The molecule has 0 aliphatic heterocycles. The summed E-state index contributed by atoms with van der Waals surface area (Å²) in [6.07, 6.45) is 2.32. The number of thioether (sulfide) groups is 1. The molecule has 7 nitrogen and oxygen atoms in total. The van der Waals surface area contributed by atoms with Crippen molar-refractivity contribution in [3.05, 3.63) is 24.1 Å². The number of hydrogen-bond donors (Lipinski definition) is 2. The van der Waals surface area contributed by atoms with Gasteiger partial charge in [0.15, 0.2) is 5.58 Å². The Labute approximate surface area is 164 Å². The molecule has 2 rings (SSSR count). The van der Waals surface area contributed by atoms with Gasteiger partial charge in [-0.05, 0) is 43.6 Å². The first-order valence-electron chi connectivity index (χ1n) is 8.76. The van der Waals surface area contributed by atoms with Crippen molar-refractivity contribution < 1.29 is 17.6 Å². The molecule has 1 atom stereocenters. The summed E-state index contributed by atoms with van der Waals surface area (Å²) in [6.45, 7) is 7.57. The molecular formula is C18H27N3O4S2. The van der Waals surface area contributed by atoms with Crippen LogP contribution in [0.3, 0.4) is 0 Å². The van der Waals surface area contributed by atoms with E-state index < -0.39 is 16.1 Å². The Morgan fingerprint density at radius 3 is 2.63 bits per heavy atom. The van der Waals surface area contributed by atoms with Gasteiger partial charge in [-0.25, -0.2) is 18.1 Å². The number of aromatic nitrogens is 1. The molecule has 0 aliphatic rings. The van der Waals surface area contributed by atoms with Crippen LogP contribution in [0.5, 0.6) is 0 Å². The molecule has 0 aliphatic carbocycles. The van der Waals surface area contributed by atoms with Gasteiger partial charge in [0.25, 0.3) is 0 Å². The molecule has 1 aromatic heterocycles. The highest BCUT2D eigenvalue weighted by atomic mass is 32.2. The molecular weight excluding hydrogens is 386 g/mol. The minimum Gasteiger partial charge on any atom is -0.440 e. The molecule has 0 bridgehead atoms. The lowest BCUT2D eigenvalue weighted by atomic mass is 9.97. The number of anilines is 1. The number of rotatable bonds is 8. The number of amides is 1. The van der Waals surface area contributed by atoms with Gasteiger partial charge in [0, 0.05) is 11.1 Å². The standard InChI is InChI=1S/C18H27N3O4S2/c1-6-27(23,24)21-13(9-10-26-5)16(22)19-12-7-8-15-14(11-12)20-17(25-15)18(2,3)4/h7-8,11,13,21H,6,9-10H2,1-5H3,(H,19,22). The fourth-order valence-electron chi connectivity index (χ4n) is 2.33. The minimum atomic E-state index is -3.48. The van der Waals surface area contributed by atoms with Crippen molar-refractivity contribution in [2.45, 2.75) is 45.6 Å². The van der Waals surface area contributed by atoms with Crippen molar-refractivity contribution in [2.24, 2.45) is 0 Å². The molecule has 0 fully saturated rings. The second-order valence-electron chi connectivity index (χ2n) is 7.30. The molecule has 2 aromatic rings. The number of oxazole rings is 1. The van der Waals surface area contributed by atoms with E-state index >= 15 is 0 Å². The third kappa shape index (κ3) is 5.95. The van der Waals surface area contributed by atoms with Crippen LogP contribution in [0.1, 0.15) is 40.0 Å². The van der Waals surface area contributed by atoms with Gasteiger partial charge in [-0.2, -0.15) is 11.8 Å². The molecule has 1 amide bonds. The van der Waals surface area contributed by atoms with Crippen LogP contribution in [-0.4, -0.2) is 43.1 Å². The zero-order valence-corrected chi connectivity index (χ0v) is 18.0. The van der Waals surface area contributed by atoms with Crippen LogP contribution < -0.4 is 10.0 Å². The molecule has 9 heteroatoms. The first kappa shape index (κ1) is 21.7. The van der Waals surface area contributed by atoms with E-state index in [0.717, 1.165) is 0 Å². The molecule has 0 saturated heterocycles. The largest absolute Gasteiger partial charge is 0.440 e.